The summed E-state index contributed by atoms with van der Waals surface area (Å²) in [5, 5.41) is 29.9. The van der Waals surface area contributed by atoms with Crippen LogP contribution in [0.3, 0.4) is 0 Å². The molecular formula is C20H17NO5S. The van der Waals surface area contributed by atoms with E-state index in [1.165, 1.54) is 19.2 Å². The molecule has 0 amide bonds. The third-order valence-corrected chi connectivity index (χ3v) is 4.86. The zero-order chi connectivity index (χ0) is 19.6. The molecular weight excluding hydrogens is 366 g/mol. The summed E-state index contributed by atoms with van der Waals surface area (Å²) in [5.41, 5.74) is 2.25. The molecule has 0 bridgehead atoms. The Morgan fingerprint density at radius 1 is 1.07 bits per heavy atom. The fraction of sp³-hybridized carbons (Fsp3) is 0.100. The van der Waals surface area contributed by atoms with Crippen LogP contribution in [0.5, 0.6) is 11.5 Å². The molecule has 0 saturated heterocycles. The Morgan fingerprint density at radius 3 is 2.41 bits per heavy atom. The second-order valence-electron chi connectivity index (χ2n) is 5.83. The summed E-state index contributed by atoms with van der Waals surface area (Å²) in [6.45, 7) is 1.96. The van der Waals surface area contributed by atoms with Crippen molar-refractivity contribution in [1.29, 1.82) is 0 Å². The van der Waals surface area contributed by atoms with Crippen molar-refractivity contribution in [3.05, 3.63) is 69.8 Å². The van der Waals surface area contributed by atoms with Crippen molar-refractivity contribution in [2.75, 3.05) is 7.11 Å². The van der Waals surface area contributed by atoms with Crippen LogP contribution >= 0.6 is 11.8 Å². The summed E-state index contributed by atoms with van der Waals surface area (Å²) in [6.07, 6.45) is 1.58. The van der Waals surface area contributed by atoms with Gasteiger partial charge in [-0.3, -0.25) is 0 Å². The molecule has 1 aliphatic heterocycles. The van der Waals surface area contributed by atoms with Crippen molar-refractivity contribution < 1.29 is 24.9 Å². The number of benzene rings is 2. The molecule has 0 fully saturated rings. The van der Waals surface area contributed by atoms with Gasteiger partial charge in [0.2, 0.25) is 0 Å². The number of aliphatic hydroxyl groups excluding tert-OH is 1. The van der Waals surface area contributed by atoms with Crippen LogP contribution in [0.2, 0.25) is 0 Å². The first-order valence-electron chi connectivity index (χ1n) is 7.98. The van der Waals surface area contributed by atoms with Crippen LogP contribution in [-0.4, -0.2) is 33.4 Å². The number of hydrogen-bond acceptors (Lipinski definition) is 7. The largest absolute Gasteiger partial charge is 0.506 e. The van der Waals surface area contributed by atoms with Crippen LogP contribution < -0.4 is 0 Å². The average Bonchev–Trinajstić information content (AvgIpc) is 2.94. The van der Waals surface area contributed by atoms with Crippen LogP contribution in [0, 0.1) is 6.92 Å². The maximum Gasteiger partial charge on any atom is 0.344 e. The molecule has 0 spiro atoms. The van der Waals surface area contributed by atoms with E-state index >= 15 is 0 Å². The first-order chi connectivity index (χ1) is 12.9. The molecule has 0 saturated carbocycles. The number of ether oxygens (including phenoxy) is 1. The zero-order valence-electron chi connectivity index (χ0n) is 14.6. The van der Waals surface area contributed by atoms with Gasteiger partial charge in [0.05, 0.1) is 17.7 Å². The van der Waals surface area contributed by atoms with Crippen LogP contribution in [0.1, 0.15) is 11.1 Å². The van der Waals surface area contributed by atoms with Gasteiger partial charge in [0.25, 0.3) is 0 Å². The minimum Gasteiger partial charge on any atom is -0.506 e. The second-order valence-corrected chi connectivity index (χ2v) is 6.86. The molecule has 0 unspecified atom stereocenters. The molecule has 27 heavy (non-hydrogen) atoms. The topological polar surface area (TPSA) is 99.4 Å². The number of thioether (sulfide) groups is 1. The number of aromatic hydroxyl groups is 2. The van der Waals surface area contributed by atoms with E-state index in [2.05, 4.69) is 4.99 Å². The molecule has 2 aromatic rings. The van der Waals surface area contributed by atoms with Gasteiger partial charge in [-0.2, -0.15) is 0 Å². The summed E-state index contributed by atoms with van der Waals surface area (Å²) in [6, 6.07) is 11.7. The van der Waals surface area contributed by atoms with Crippen molar-refractivity contribution >= 4 is 34.5 Å². The molecule has 0 aliphatic carbocycles. The van der Waals surface area contributed by atoms with E-state index in [9.17, 15) is 20.1 Å². The first-order valence-corrected chi connectivity index (χ1v) is 8.80. The lowest BCUT2D eigenvalue weighted by Crippen LogP contribution is -2.10. The standard InChI is InChI=1S/C20H17NO5S/c1-11-3-6-13(7-4-11)21-19-17(20(25)26-2)18(24)16(27-19)10-12-5-8-14(22)15(23)9-12/h3-10,22-24H,1-2H3/b16-10+,21-19?. The number of carbonyl (C=O) groups excluding carboxylic acids is 1. The van der Waals surface area contributed by atoms with E-state index in [1.54, 1.807) is 12.1 Å². The highest BCUT2D eigenvalue weighted by molar-refractivity contribution is 8.18. The van der Waals surface area contributed by atoms with E-state index in [-0.39, 0.29) is 22.8 Å². The van der Waals surface area contributed by atoms with Gasteiger partial charge in [0, 0.05) is 0 Å². The van der Waals surface area contributed by atoms with Crippen LogP contribution in [-0.2, 0) is 9.53 Å². The molecule has 7 heteroatoms. The van der Waals surface area contributed by atoms with E-state index < -0.39 is 5.97 Å². The van der Waals surface area contributed by atoms with Crippen molar-refractivity contribution in [1.82, 2.24) is 0 Å². The number of aliphatic hydroxyl groups is 1. The molecule has 138 valence electrons. The molecule has 3 N–H and O–H groups in total. The normalized spacial score (nSPS) is 17.0. The number of methoxy groups -OCH3 is 1. The summed E-state index contributed by atoms with van der Waals surface area (Å²) in [7, 11) is 1.23. The SMILES string of the molecule is COC(=O)C1=C(O)/C(=C\c2ccc(O)c(O)c2)SC1=Nc1ccc(C)cc1. The number of phenols is 2. The third kappa shape index (κ3) is 3.98. The van der Waals surface area contributed by atoms with Gasteiger partial charge in [-0.15, -0.1) is 0 Å². The van der Waals surface area contributed by atoms with Crippen LogP contribution in [0.25, 0.3) is 6.08 Å². The Morgan fingerprint density at radius 2 is 1.78 bits per heavy atom. The number of nitrogens with zero attached hydrogens (tertiary/aromatic N) is 1. The molecule has 3 rings (SSSR count). The zero-order valence-corrected chi connectivity index (χ0v) is 15.4. The predicted octanol–water partition coefficient (Wildman–Crippen LogP) is 4.21. The van der Waals surface area contributed by atoms with Gasteiger partial charge in [-0.1, -0.05) is 35.5 Å². The smallest absolute Gasteiger partial charge is 0.344 e. The van der Waals surface area contributed by atoms with E-state index in [4.69, 9.17) is 4.74 Å². The number of aryl methyl sites for hydroxylation is 1. The highest BCUT2D eigenvalue weighted by atomic mass is 32.2. The highest BCUT2D eigenvalue weighted by Gasteiger charge is 2.33. The first kappa shape index (κ1) is 18.6. The van der Waals surface area contributed by atoms with E-state index in [0.717, 1.165) is 17.3 Å². The van der Waals surface area contributed by atoms with E-state index in [0.29, 0.717) is 21.2 Å². The molecule has 6 nitrogen and oxygen atoms in total. The van der Waals surface area contributed by atoms with Gasteiger partial charge in [-0.05, 0) is 42.8 Å². The third-order valence-electron chi connectivity index (χ3n) is 3.84. The number of phenolic OH excluding ortho intramolecular Hbond substituents is 2. The summed E-state index contributed by atoms with van der Waals surface area (Å²) >= 11 is 1.12. The van der Waals surface area contributed by atoms with E-state index in [1.807, 2.05) is 31.2 Å². The fourth-order valence-corrected chi connectivity index (χ4v) is 3.44. The molecule has 2 aromatic carbocycles. The Balaban J connectivity index is 2.04. The lowest BCUT2D eigenvalue weighted by atomic mass is 10.1. The molecule has 1 heterocycles. The van der Waals surface area contributed by atoms with Gasteiger partial charge >= 0.3 is 5.97 Å². The predicted molar refractivity (Wildman–Crippen MR) is 105 cm³/mol. The maximum absolute atomic E-state index is 12.1. The maximum atomic E-state index is 12.1. The van der Waals surface area contributed by atoms with Crippen LogP contribution in [0.4, 0.5) is 5.69 Å². The number of rotatable bonds is 3. The Bertz CT molecular complexity index is 990. The summed E-state index contributed by atoms with van der Waals surface area (Å²) in [5.74, 6) is -1.46. The number of carbonyl (C=O) groups is 1. The Labute approximate surface area is 160 Å². The van der Waals surface area contributed by atoms with Crippen LogP contribution in [0.15, 0.2) is 63.7 Å². The molecule has 0 aromatic heterocycles. The minimum absolute atomic E-state index is 0.0164. The lowest BCUT2D eigenvalue weighted by Gasteiger charge is -2.02. The molecule has 0 atom stereocenters. The monoisotopic (exact) mass is 383 g/mol. The van der Waals surface area contributed by atoms with Crippen molar-refractivity contribution in [3.8, 4) is 11.5 Å². The summed E-state index contributed by atoms with van der Waals surface area (Å²) < 4.78 is 4.77. The number of esters is 1. The lowest BCUT2D eigenvalue weighted by molar-refractivity contribution is -0.135. The van der Waals surface area contributed by atoms with Crippen molar-refractivity contribution in [3.63, 3.8) is 0 Å². The average molecular weight is 383 g/mol. The molecule has 0 radical (unpaired) electrons. The Hall–Kier alpha value is -3.19. The van der Waals surface area contributed by atoms with Crippen molar-refractivity contribution in [2.45, 2.75) is 6.92 Å². The fourth-order valence-electron chi connectivity index (χ4n) is 2.41. The minimum atomic E-state index is -0.692. The van der Waals surface area contributed by atoms with Gasteiger partial charge in [0.15, 0.2) is 11.5 Å². The Kier molecular flexibility index (Phi) is 5.23. The van der Waals surface area contributed by atoms with Crippen molar-refractivity contribution in [2.24, 2.45) is 4.99 Å². The highest BCUT2D eigenvalue weighted by Crippen LogP contribution is 2.40. The quantitative estimate of drug-likeness (QED) is 0.542. The molecule has 1 aliphatic rings. The second kappa shape index (κ2) is 7.59. The number of hydrogen-bond donors (Lipinski definition) is 3. The summed E-state index contributed by atoms with van der Waals surface area (Å²) in [4.78, 5) is 17.0. The van der Waals surface area contributed by atoms with Gasteiger partial charge in [0.1, 0.15) is 16.4 Å². The number of aliphatic imine (C=N–C) groups is 1. The van der Waals surface area contributed by atoms with Gasteiger partial charge < -0.3 is 20.1 Å². The van der Waals surface area contributed by atoms with Gasteiger partial charge in [-0.25, -0.2) is 9.79 Å².